The van der Waals surface area contributed by atoms with Gasteiger partial charge in [0.2, 0.25) is 0 Å². The quantitative estimate of drug-likeness (QED) is 0.791. The lowest BCUT2D eigenvalue weighted by atomic mass is 10.1. The van der Waals surface area contributed by atoms with E-state index in [1.807, 2.05) is 0 Å². The molecule has 0 aliphatic carbocycles. The number of carbonyl (C=O) groups is 2. The van der Waals surface area contributed by atoms with Gasteiger partial charge in [0.1, 0.15) is 0 Å². The SMILES string of the molecule is Cc1ccc(NC(=O)c2cncc(N)c2)c(C(=O)O)c1. The number of benzene rings is 1. The molecule has 0 radical (unpaired) electrons. The number of aromatic carboxylic acids is 1. The van der Waals surface area contributed by atoms with Crippen molar-refractivity contribution < 1.29 is 14.7 Å². The molecule has 102 valence electrons. The first kappa shape index (κ1) is 13.5. The molecule has 0 saturated carbocycles. The number of anilines is 2. The molecular formula is C14H13N3O3. The van der Waals surface area contributed by atoms with E-state index in [0.717, 1.165) is 5.56 Å². The Balaban J connectivity index is 2.30. The summed E-state index contributed by atoms with van der Waals surface area (Å²) in [7, 11) is 0. The molecule has 2 aromatic rings. The molecule has 0 aliphatic rings. The summed E-state index contributed by atoms with van der Waals surface area (Å²) in [6.45, 7) is 1.78. The van der Waals surface area contributed by atoms with Crippen LogP contribution in [0.3, 0.4) is 0 Å². The van der Waals surface area contributed by atoms with E-state index in [-0.39, 0.29) is 16.8 Å². The van der Waals surface area contributed by atoms with E-state index in [9.17, 15) is 9.59 Å². The van der Waals surface area contributed by atoms with Crippen LogP contribution in [-0.2, 0) is 0 Å². The maximum atomic E-state index is 12.0. The Morgan fingerprint density at radius 2 is 2.00 bits per heavy atom. The second kappa shape index (κ2) is 5.40. The summed E-state index contributed by atoms with van der Waals surface area (Å²) in [5, 5.41) is 11.7. The van der Waals surface area contributed by atoms with Crippen molar-refractivity contribution >= 4 is 23.3 Å². The molecule has 0 saturated heterocycles. The van der Waals surface area contributed by atoms with Gasteiger partial charge in [-0.05, 0) is 25.1 Å². The van der Waals surface area contributed by atoms with E-state index < -0.39 is 11.9 Å². The summed E-state index contributed by atoms with van der Waals surface area (Å²) in [5.74, 6) is -1.56. The first-order chi connectivity index (χ1) is 9.47. The number of carboxylic acids is 1. The molecule has 0 unspecified atom stereocenters. The number of hydrogen-bond acceptors (Lipinski definition) is 4. The van der Waals surface area contributed by atoms with Gasteiger partial charge in [-0.15, -0.1) is 0 Å². The Morgan fingerprint density at radius 3 is 2.65 bits per heavy atom. The highest BCUT2D eigenvalue weighted by Gasteiger charge is 2.14. The number of nitrogens with two attached hydrogens (primary N) is 1. The maximum absolute atomic E-state index is 12.0. The Bertz CT molecular complexity index is 683. The standard InChI is InChI=1S/C14H13N3O3/c1-8-2-3-12(11(4-8)14(19)20)17-13(18)9-5-10(15)7-16-6-9/h2-7H,15H2,1H3,(H,17,18)(H,19,20). The molecule has 2 rings (SSSR count). The number of pyridine rings is 1. The fourth-order valence-corrected chi connectivity index (χ4v) is 1.72. The summed E-state index contributed by atoms with van der Waals surface area (Å²) >= 11 is 0. The van der Waals surface area contributed by atoms with Crippen molar-refractivity contribution in [2.24, 2.45) is 0 Å². The zero-order valence-electron chi connectivity index (χ0n) is 10.8. The second-order valence-corrected chi connectivity index (χ2v) is 4.32. The number of carboxylic acid groups (broad SMARTS) is 1. The highest BCUT2D eigenvalue weighted by molar-refractivity contribution is 6.07. The molecule has 0 spiro atoms. The Kier molecular flexibility index (Phi) is 3.65. The average molecular weight is 271 g/mol. The van der Waals surface area contributed by atoms with Crippen LogP contribution in [0.25, 0.3) is 0 Å². The van der Waals surface area contributed by atoms with Crippen LogP contribution in [0.2, 0.25) is 0 Å². The van der Waals surface area contributed by atoms with Crippen LogP contribution >= 0.6 is 0 Å². The molecule has 1 aromatic carbocycles. The summed E-state index contributed by atoms with van der Waals surface area (Å²) in [6, 6.07) is 6.24. The minimum absolute atomic E-state index is 0.0372. The van der Waals surface area contributed by atoms with Gasteiger partial charge in [-0.25, -0.2) is 4.79 Å². The minimum atomic E-state index is -1.10. The van der Waals surface area contributed by atoms with Crippen molar-refractivity contribution in [2.45, 2.75) is 6.92 Å². The lowest BCUT2D eigenvalue weighted by Crippen LogP contribution is -2.15. The minimum Gasteiger partial charge on any atom is -0.478 e. The smallest absolute Gasteiger partial charge is 0.337 e. The van der Waals surface area contributed by atoms with Gasteiger partial charge in [-0.2, -0.15) is 0 Å². The van der Waals surface area contributed by atoms with Gasteiger partial charge in [-0.3, -0.25) is 9.78 Å². The van der Waals surface area contributed by atoms with Crippen LogP contribution in [-0.4, -0.2) is 22.0 Å². The summed E-state index contributed by atoms with van der Waals surface area (Å²) in [5.41, 5.74) is 7.24. The van der Waals surface area contributed by atoms with Crippen molar-refractivity contribution in [1.82, 2.24) is 4.98 Å². The van der Waals surface area contributed by atoms with E-state index in [1.54, 1.807) is 19.1 Å². The van der Waals surface area contributed by atoms with Gasteiger partial charge < -0.3 is 16.2 Å². The Labute approximate surface area is 115 Å². The van der Waals surface area contributed by atoms with Crippen LogP contribution in [0.15, 0.2) is 36.7 Å². The first-order valence-electron chi connectivity index (χ1n) is 5.83. The molecule has 1 aromatic heterocycles. The number of rotatable bonds is 3. The molecule has 1 heterocycles. The molecule has 0 bridgehead atoms. The highest BCUT2D eigenvalue weighted by atomic mass is 16.4. The van der Waals surface area contributed by atoms with E-state index >= 15 is 0 Å². The largest absolute Gasteiger partial charge is 0.478 e. The normalized spacial score (nSPS) is 10.1. The van der Waals surface area contributed by atoms with Crippen molar-refractivity contribution in [3.63, 3.8) is 0 Å². The summed E-state index contributed by atoms with van der Waals surface area (Å²) in [4.78, 5) is 27.0. The number of nitrogens with zero attached hydrogens (tertiary/aromatic N) is 1. The van der Waals surface area contributed by atoms with E-state index in [4.69, 9.17) is 10.8 Å². The Hall–Kier alpha value is -2.89. The van der Waals surface area contributed by atoms with Gasteiger partial charge in [0.15, 0.2) is 0 Å². The van der Waals surface area contributed by atoms with Crippen molar-refractivity contribution in [2.75, 3.05) is 11.1 Å². The number of amides is 1. The van der Waals surface area contributed by atoms with Crippen LogP contribution in [0.1, 0.15) is 26.3 Å². The van der Waals surface area contributed by atoms with Crippen molar-refractivity contribution in [3.05, 3.63) is 53.3 Å². The zero-order valence-corrected chi connectivity index (χ0v) is 10.8. The number of carbonyl (C=O) groups excluding carboxylic acids is 1. The average Bonchev–Trinajstić information content (AvgIpc) is 2.40. The van der Waals surface area contributed by atoms with Crippen LogP contribution in [0, 0.1) is 6.92 Å². The van der Waals surface area contributed by atoms with Crippen LogP contribution < -0.4 is 11.1 Å². The molecule has 4 N–H and O–H groups in total. The number of nitrogens with one attached hydrogen (secondary N) is 1. The van der Waals surface area contributed by atoms with Gasteiger partial charge in [0.05, 0.1) is 22.5 Å². The fourth-order valence-electron chi connectivity index (χ4n) is 1.72. The zero-order chi connectivity index (χ0) is 14.7. The van der Waals surface area contributed by atoms with E-state index in [1.165, 1.54) is 24.5 Å². The molecule has 0 atom stereocenters. The number of hydrogen-bond donors (Lipinski definition) is 3. The molecule has 0 fully saturated rings. The first-order valence-corrected chi connectivity index (χ1v) is 5.83. The number of aromatic nitrogens is 1. The number of aryl methyl sites for hydroxylation is 1. The van der Waals surface area contributed by atoms with Crippen LogP contribution in [0.5, 0.6) is 0 Å². The van der Waals surface area contributed by atoms with E-state index in [2.05, 4.69) is 10.3 Å². The molecular weight excluding hydrogens is 258 g/mol. The van der Waals surface area contributed by atoms with E-state index in [0.29, 0.717) is 5.69 Å². The Morgan fingerprint density at radius 1 is 1.25 bits per heavy atom. The second-order valence-electron chi connectivity index (χ2n) is 4.32. The summed E-state index contributed by atoms with van der Waals surface area (Å²) < 4.78 is 0. The van der Waals surface area contributed by atoms with Gasteiger partial charge >= 0.3 is 5.97 Å². The topological polar surface area (TPSA) is 105 Å². The van der Waals surface area contributed by atoms with Crippen molar-refractivity contribution in [3.8, 4) is 0 Å². The van der Waals surface area contributed by atoms with Gasteiger partial charge in [0, 0.05) is 12.4 Å². The molecule has 6 heteroatoms. The van der Waals surface area contributed by atoms with Gasteiger partial charge in [0.25, 0.3) is 5.91 Å². The summed E-state index contributed by atoms with van der Waals surface area (Å²) in [6.07, 6.45) is 2.78. The highest BCUT2D eigenvalue weighted by Crippen LogP contribution is 2.18. The molecule has 0 aliphatic heterocycles. The third-order valence-corrected chi connectivity index (χ3v) is 2.68. The number of nitrogen functional groups attached to an aromatic ring is 1. The predicted molar refractivity (Wildman–Crippen MR) is 74.7 cm³/mol. The fraction of sp³-hybridized carbons (Fsp3) is 0.0714. The van der Waals surface area contributed by atoms with Gasteiger partial charge in [-0.1, -0.05) is 11.6 Å². The maximum Gasteiger partial charge on any atom is 0.337 e. The monoisotopic (exact) mass is 271 g/mol. The molecule has 6 nitrogen and oxygen atoms in total. The third kappa shape index (κ3) is 2.92. The third-order valence-electron chi connectivity index (χ3n) is 2.68. The lowest BCUT2D eigenvalue weighted by Gasteiger charge is -2.09. The predicted octanol–water partition coefficient (Wildman–Crippen LogP) is 1.92. The van der Waals surface area contributed by atoms with Crippen molar-refractivity contribution in [1.29, 1.82) is 0 Å². The molecule has 1 amide bonds. The molecule has 20 heavy (non-hydrogen) atoms. The lowest BCUT2D eigenvalue weighted by molar-refractivity contribution is 0.0698. The van der Waals surface area contributed by atoms with Crippen LogP contribution in [0.4, 0.5) is 11.4 Å².